The summed E-state index contributed by atoms with van der Waals surface area (Å²) in [7, 11) is 0. The van der Waals surface area contributed by atoms with Crippen LogP contribution >= 0.6 is 0 Å². The summed E-state index contributed by atoms with van der Waals surface area (Å²) in [4.78, 5) is 23.8. The second-order valence-electron chi connectivity index (χ2n) is 6.22. The fourth-order valence-electron chi connectivity index (χ4n) is 2.57. The third-order valence-corrected chi connectivity index (χ3v) is 4.15. The predicted molar refractivity (Wildman–Crippen MR) is 90.2 cm³/mol. The summed E-state index contributed by atoms with van der Waals surface area (Å²) < 4.78 is 0. The van der Waals surface area contributed by atoms with E-state index in [-0.39, 0.29) is 24.3 Å². The Morgan fingerprint density at radius 3 is 2.48 bits per heavy atom. The molecular weight excluding hydrogens is 292 g/mol. The van der Waals surface area contributed by atoms with E-state index < -0.39 is 0 Å². The van der Waals surface area contributed by atoms with Crippen LogP contribution in [0.2, 0.25) is 0 Å². The normalized spacial score (nSPS) is 15.0. The highest BCUT2D eigenvalue weighted by Gasteiger charge is 2.29. The van der Waals surface area contributed by atoms with Crippen molar-refractivity contribution in [3.8, 4) is 0 Å². The van der Waals surface area contributed by atoms with Crippen molar-refractivity contribution in [3.63, 3.8) is 0 Å². The lowest BCUT2D eigenvalue weighted by Crippen LogP contribution is -2.29. The Bertz CT molecular complexity index is 518. The molecule has 1 saturated carbocycles. The van der Waals surface area contributed by atoms with Crippen LogP contribution in [0.15, 0.2) is 24.3 Å². The van der Waals surface area contributed by atoms with Gasteiger partial charge in [0, 0.05) is 30.3 Å². The molecule has 0 heterocycles. The van der Waals surface area contributed by atoms with Crippen LogP contribution in [0.25, 0.3) is 0 Å². The van der Waals surface area contributed by atoms with Gasteiger partial charge in [-0.3, -0.25) is 9.59 Å². The van der Waals surface area contributed by atoms with E-state index in [0.717, 1.165) is 31.4 Å². The maximum Gasteiger partial charge on any atom is 0.251 e. The van der Waals surface area contributed by atoms with Crippen LogP contribution in [0.4, 0.5) is 5.69 Å². The van der Waals surface area contributed by atoms with E-state index in [0.29, 0.717) is 24.4 Å². The Kier molecular flexibility index (Phi) is 6.59. The van der Waals surface area contributed by atoms with Gasteiger partial charge in [-0.15, -0.1) is 0 Å². The minimum atomic E-state index is -0.121. The van der Waals surface area contributed by atoms with Crippen molar-refractivity contribution in [2.45, 2.75) is 39.0 Å². The van der Waals surface area contributed by atoms with E-state index in [2.05, 4.69) is 17.6 Å². The lowest BCUT2D eigenvalue weighted by atomic mass is 10.00. The molecule has 1 atom stereocenters. The highest BCUT2D eigenvalue weighted by atomic mass is 16.3. The molecule has 2 rings (SSSR count). The SMILES string of the molecule is CCCC(CCO)CNC(=O)c1ccc(NC(=O)C2CC2)cc1. The van der Waals surface area contributed by atoms with Gasteiger partial charge >= 0.3 is 0 Å². The molecule has 23 heavy (non-hydrogen) atoms. The predicted octanol–water partition coefficient (Wildman–Crippen LogP) is 2.56. The van der Waals surface area contributed by atoms with Gasteiger partial charge in [0.25, 0.3) is 5.91 Å². The molecule has 0 spiro atoms. The number of hydrogen-bond donors (Lipinski definition) is 3. The van der Waals surface area contributed by atoms with Crippen LogP contribution in [0.1, 0.15) is 49.4 Å². The number of anilines is 1. The summed E-state index contributed by atoms with van der Waals surface area (Å²) >= 11 is 0. The molecule has 1 aromatic rings. The first kappa shape index (κ1) is 17.5. The zero-order chi connectivity index (χ0) is 16.7. The number of carbonyl (C=O) groups is 2. The van der Waals surface area contributed by atoms with Gasteiger partial charge in [0.05, 0.1) is 0 Å². The zero-order valence-corrected chi connectivity index (χ0v) is 13.7. The highest BCUT2D eigenvalue weighted by Crippen LogP contribution is 2.30. The highest BCUT2D eigenvalue weighted by molar-refractivity contribution is 5.96. The molecule has 2 amide bonds. The van der Waals surface area contributed by atoms with E-state index in [1.54, 1.807) is 24.3 Å². The van der Waals surface area contributed by atoms with Crippen LogP contribution in [0.5, 0.6) is 0 Å². The Hall–Kier alpha value is -1.88. The Labute approximate surface area is 137 Å². The van der Waals surface area contributed by atoms with E-state index in [4.69, 9.17) is 5.11 Å². The summed E-state index contributed by atoms with van der Waals surface area (Å²) in [6, 6.07) is 6.95. The van der Waals surface area contributed by atoms with Gasteiger partial charge in [0.15, 0.2) is 0 Å². The van der Waals surface area contributed by atoms with Crippen molar-refractivity contribution in [2.24, 2.45) is 11.8 Å². The Balaban J connectivity index is 1.82. The average Bonchev–Trinajstić information content (AvgIpc) is 3.38. The third-order valence-electron chi connectivity index (χ3n) is 4.15. The molecule has 0 aromatic heterocycles. The van der Waals surface area contributed by atoms with E-state index in [9.17, 15) is 9.59 Å². The van der Waals surface area contributed by atoms with Crippen molar-refractivity contribution < 1.29 is 14.7 Å². The van der Waals surface area contributed by atoms with E-state index in [1.165, 1.54) is 0 Å². The van der Waals surface area contributed by atoms with Crippen molar-refractivity contribution in [1.29, 1.82) is 0 Å². The molecule has 0 bridgehead atoms. The first-order valence-electron chi connectivity index (χ1n) is 8.44. The quantitative estimate of drug-likeness (QED) is 0.655. The van der Waals surface area contributed by atoms with Crippen molar-refractivity contribution in [3.05, 3.63) is 29.8 Å². The number of aliphatic hydroxyl groups is 1. The fraction of sp³-hybridized carbons (Fsp3) is 0.556. The standard InChI is InChI=1S/C18H26N2O3/c1-2-3-13(10-11-21)12-19-17(22)14-6-8-16(9-7-14)20-18(23)15-4-5-15/h6-9,13,15,21H,2-5,10-12H2,1H3,(H,19,22)(H,20,23). The van der Waals surface area contributed by atoms with Gasteiger partial charge in [-0.2, -0.15) is 0 Å². The van der Waals surface area contributed by atoms with Gasteiger partial charge in [0.1, 0.15) is 0 Å². The van der Waals surface area contributed by atoms with Crippen molar-refractivity contribution in [2.75, 3.05) is 18.5 Å². The van der Waals surface area contributed by atoms with Crippen molar-refractivity contribution in [1.82, 2.24) is 5.32 Å². The summed E-state index contributed by atoms with van der Waals surface area (Å²) in [5.41, 5.74) is 1.30. The minimum Gasteiger partial charge on any atom is -0.396 e. The van der Waals surface area contributed by atoms with Crippen LogP contribution in [-0.2, 0) is 4.79 Å². The van der Waals surface area contributed by atoms with Gasteiger partial charge in [0.2, 0.25) is 5.91 Å². The minimum absolute atomic E-state index is 0.0635. The number of benzene rings is 1. The first-order chi connectivity index (χ1) is 11.1. The molecule has 1 unspecified atom stereocenters. The molecule has 0 saturated heterocycles. The number of hydrogen-bond acceptors (Lipinski definition) is 3. The third kappa shape index (κ3) is 5.67. The molecule has 1 aliphatic rings. The number of amides is 2. The topological polar surface area (TPSA) is 78.4 Å². The van der Waals surface area contributed by atoms with Crippen molar-refractivity contribution >= 4 is 17.5 Å². The van der Waals surface area contributed by atoms with E-state index >= 15 is 0 Å². The van der Waals surface area contributed by atoms with E-state index in [1.807, 2.05) is 0 Å². The summed E-state index contributed by atoms with van der Waals surface area (Å²) in [5, 5.41) is 14.8. The van der Waals surface area contributed by atoms with Crippen LogP contribution in [0.3, 0.4) is 0 Å². The lowest BCUT2D eigenvalue weighted by Gasteiger charge is -2.15. The summed E-state index contributed by atoms with van der Waals surface area (Å²) in [6.07, 6.45) is 4.68. The number of aliphatic hydroxyl groups excluding tert-OH is 1. The van der Waals surface area contributed by atoms with Gasteiger partial charge in [-0.1, -0.05) is 13.3 Å². The Morgan fingerprint density at radius 2 is 1.91 bits per heavy atom. The molecule has 1 fully saturated rings. The fourth-order valence-corrected chi connectivity index (χ4v) is 2.57. The molecule has 126 valence electrons. The average molecular weight is 318 g/mol. The number of nitrogens with one attached hydrogen (secondary N) is 2. The molecule has 5 heteroatoms. The van der Waals surface area contributed by atoms with Crippen LogP contribution in [0, 0.1) is 11.8 Å². The molecule has 0 aliphatic heterocycles. The maximum atomic E-state index is 12.1. The smallest absolute Gasteiger partial charge is 0.251 e. The Morgan fingerprint density at radius 1 is 1.22 bits per heavy atom. The zero-order valence-electron chi connectivity index (χ0n) is 13.7. The molecule has 5 nitrogen and oxygen atoms in total. The van der Waals surface area contributed by atoms with Crippen LogP contribution in [-0.4, -0.2) is 30.1 Å². The molecule has 1 aliphatic carbocycles. The second kappa shape index (κ2) is 8.67. The maximum absolute atomic E-state index is 12.1. The number of carbonyl (C=O) groups excluding carboxylic acids is 2. The lowest BCUT2D eigenvalue weighted by molar-refractivity contribution is -0.117. The summed E-state index contributed by atoms with van der Waals surface area (Å²) in [5.74, 6) is 0.420. The van der Waals surface area contributed by atoms with Gasteiger partial charge < -0.3 is 15.7 Å². The first-order valence-corrected chi connectivity index (χ1v) is 8.44. The molecule has 1 aromatic carbocycles. The van der Waals surface area contributed by atoms with Gasteiger partial charge in [-0.05, 0) is 55.9 Å². The second-order valence-corrected chi connectivity index (χ2v) is 6.22. The summed E-state index contributed by atoms with van der Waals surface area (Å²) in [6.45, 7) is 2.82. The molecule has 3 N–H and O–H groups in total. The largest absolute Gasteiger partial charge is 0.396 e. The number of rotatable bonds is 9. The molecular formula is C18H26N2O3. The van der Waals surface area contributed by atoms with Gasteiger partial charge in [-0.25, -0.2) is 0 Å². The molecule has 0 radical (unpaired) electrons. The van der Waals surface area contributed by atoms with Crippen LogP contribution < -0.4 is 10.6 Å². The monoisotopic (exact) mass is 318 g/mol.